The van der Waals surface area contributed by atoms with E-state index in [1.54, 1.807) is 0 Å². The van der Waals surface area contributed by atoms with Crippen molar-refractivity contribution in [3.63, 3.8) is 0 Å². The predicted octanol–water partition coefficient (Wildman–Crippen LogP) is 4.84. The molecule has 1 aliphatic heterocycles. The second-order valence-electron chi connectivity index (χ2n) is 12.2. The molecule has 0 aliphatic carbocycles. The van der Waals surface area contributed by atoms with Gasteiger partial charge in [0.15, 0.2) is 0 Å². The second kappa shape index (κ2) is 27.3. The molecule has 1 rings (SSSR count). The molecule has 0 spiro atoms. The molecule has 248 valence electrons. The largest absolute Gasteiger partial charge is 0.304 e. The highest BCUT2D eigenvalue weighted by atomic mass is 15.3. The molecular weight excluding hydrogens is 506 g/mol. The monoisotopic (exact) mass is 584 g/mol. The average molecular weight is 584 g/mol. The summed E-state index contributed by atoms with van der Waals surface area (Å²) >= 11 is 0. The normalized spacial score (nSPS) is 18.4. The average Bonchev–Trinajstić information content (AvgIpc) is 2.98. The van der Waals surface area contributed by atoms with Gasteiger partial charge in [-0.2, -0.15) is 0 Å². The van der Waals surface area contributed by atoms with Crippen molar-refractivity contribution in [2.24, 2.45) is 0 Å². The molecule has 1 aliphatic rings. The summed E-state index contributed by atoms with van der Waals surface area (Å²) in [6.45, 7) is 43.6. The summed E-state index contributed by atoms with van der Waals surface area (Å²) in [7, 11) is 2.28. The molecule has 1 fully saturated rings. The van der Waals surface area contributed by atoms with Gasteiger partial charge < -0.3 is 29.4 Å². The summed E-state index contributed by atoms with van der Waals surface area (Å²) in [4.78, 5) is 18.2. The highest BCUT2D eigenvalue weighted by Crippen LogP contribution is 2.05. The summed E-state index contributed by atoms with van der Waals surface area (Å²) in [6, 6.07) is 0.700. The smallest absolute Gasteiger partial charge is 0.0113 e. The maximum absolute atomic E-state index is 2.68. The molecular formula is C34H77N7. The van der Waals surface area contributed by atoms with Crippen molar-refractivity contribution < 1.29 is 0 Å². The Morgan fingerprint density at radius 1 is 0.488 bits per heavy atom. The van der Waals surface area contributed by atoms with E-state index in [9.17, 15) is 0 Å². The lowest BCUT2D eigenvalue weighted by molar-refractivity contribution is 0.142. The zero-order chi connectivity index (χ0) is 30.9. The Kier molecular flexibility index (Phi) is 27.1. The van der Waals surface area contributed by atoms with Crippen LogP contribution in [0.1, 0.15) is 88.0 Å². The molecule has 1 heterocycles. The van der Waals surface area contributed by atoms with Gasteiger partial charge in [-0.05, 0) is 85.5 Å². The van der Waals surface area contributed by atoms with E-state index in [2.05, 4.69) is 104 Å². The van der Waals surface area contributed by atoms with Gasteiger partial charge in [0.2, 0.25) is 0 Å². The summed E-state index contributed by atoms with van der Waals surface area (Å²) in [5, 5.41) is 0. The lowest BCUT2D eigenvalue weighted by Crippen LogP contribution is -2.45. The molecule has 0 saturated carbocycles. The van der Waals surface area contributed by atoms with Gasteiger partial charge in [0.05, 0.1) is 0 Å². The van der Waals surface area contributed by atoms with E-state index in [0.717, 1.165) is 0 Å². The molecule has 0 aromatic carbocycles. The maximum atomic E-state index is 2.68. The first-order valence-corrected chi connectivity index (χ1v) is 17.9. The molecule has 1 saturated heterocycles. The molecule has 0 aromatic heterocycles. The maximum Gasteiger partial charge on any atom is 0.0113 e. The van der Waals surface area contributed by atoms with Crippen LogP contribution in [0.2, 0.25) is 0 Å². The number of hydrogen-bond acceptors (Lipinski definition) is 7. The van der Waals surface area contributed by atoms with Crippen molar-refractivity contribution >= 4 is 0 Å². The van der Waals surface area contributed by atoms with Crippen LogP contribution in [0.3, 0.4) is 0 Å². The fourth-order valence-electron chi connectivity index (χ4n) is 5.69. The Balaban J connectivity index is 0.000000790. The van der Waals surface area contributed by atoms with Crippen molar-refractivity contribution in [2.75, 3.05) is 131 Å². The van der Waals surface area contributed by atoms with E-state index < -0.39 is 0 Å². The molecule has 0 bridgehead atoms. The van der Waals surface area contributed by atoms with Gasteiger partial charge in [-0.3, -0.25) is 4.90 Å². The summed E-state index contributed by atoms with van der Waals surface area (Å²) < 4.78 is 0. The van der Waals surface area contributed by atoms with Crippen LogP contribution in [0.25, 0.3) is 0 Å². The zero-order valence-corrected chi connectivity index (χ0v) is 30.0. The van der Waals surface area contributed by atoms with Gasteiger partial charge >= 0.3 is 0 Å². The molecule has 0 amide bonds. The molecule has 41 heavy (non-hydrogen) atoms. The molecule has 0 aromatic rings. The Morgan fingerprint density at radius 2 is 0.805 bits per heavy atom. The van der Waals surface area contributed by atoms with Crippen LogP contribution in [0, 0.1) is 0 Å². The van der Waals surface area contributed by atoms with Crippen LogP contribution >= 0.6 is 0 Å². The first kappa shape index (κ1) is 40.7. The number of nitrogens with zero attached hydrogens (tertiary/aromatic N) is 7. The number of rotatable bonds is 18. The van der Waals surface area contributed by atoms with E-state index >= 15 is 0 Å². The van der Waals surface area contributed by atoms with Crippen LogP contribution in [-0.4, -0.2) is 172 Å². The molecule has 7 nitrogen and oxygen atoms in total. The molecule has 1 unspecified atom stereocenters. The minimum absolute atomic E-state index is 0.700. The van der Waals surface area contributed by atoms with Crippen molar-refractivity contribution in [2.45, 2.75) is 94.0 Å². The summed E-state index contributed by atoms with van der Waals surface area (Å²) in [5.74, 6) is 0. The van der Waals surface area contributed by atoms with E-state index in [0.29, 0.717) is 6.04 Å². The van der Waals surface area contributed by atoms with E-state index in [1.165, 1.54) is 150 Å². The van der Waals surface area contributed by atoms with Crippen molar-refractivity contribution in [1.82, 2.24) is 34.3 Å². The first-order chi connectivity index (χ1) is 19.8. The van der Waals surface area contributed by atoms with Crippen LogP contribution < -0.4 is 0 Å². The van der Waals surface area contributed by atoms with Gasteiger partial charge in [-0.1, -0.05) is 55.4 Å². The van der Waals surface area contributed by atoms with Gasteiger partial charge in [0.1, 0.15) is 0 Å². The fourth-order valence-corrected chi connectivity index (χ4v) is 5.69. The minimum atomic E-state index is 0.700. The van der Waals surface area contributed by atoms with Gasteiger partial charge in [-0.25, -0.2) is 0 Å². The molecule has 0 radical (unpaired) electrons. The van der Waals surface area contributed by atoms with E-state index in [-0.39, 0.29) is 0 Å². The first-order valence-electron chi connectivity index (χ1n) is 17.9. The lowest BCUT2D eigenvalue weighted by atomic mass is 10.2. The standard InChI is InChI=1S/C18H40N4.C16H37N3/c1-5-8-20-13-11-19(4)12-14-21(9-6-2)16-18-22(10-7-3)17-15-20;1-7-16(6)19(14-12-17(8-2)9-3)15-13-18(10-4)11-5/h5-18H2,1-4H3;16H,7-15H2,1-6H3. The topological polar surface area (TPSA) is 22.7 Å². The number of likely N-dealkylation sites (N-methyl/N-ethyl adjacent to an activating group) is 3. The van der Waals surface area contributed by atoms with Crippen molar-refractivity contribution in [1.29, 1.82) is 0 Å². The van der Waals surface area contributed by atoms with Gasteiger partial charge in [0.25, 0.3) is 0 Å². The van der Waals surface area contributed by atoms with Crippen LogP contribution in [-0.2, 0) is 0 Å². The lowest BCUT2D eigenvalue weighted by Gasteiger charge is -2.33. The number of hydrogen-bond donors (Lipinski definition) is 0. The third kappa shape index (κ3) is 20.3. The highest BCUT2D eigenvalue weighted by Gasteiger charge is 2.15. The third-order valence-electron chi connectivity index (χ3n) is 9.09. The van der Waals surface area contributed by atoms with Crippen molar-refractivity contribution in [3.05, 3.63) is 0 Å². The van der Waals surface area contributed by atoms with Crippen LogP contribution in [0.15, 0.2) is 0 Å². The highest BCUT2D eigenvalue weighted by molar-refractivity contribution is 4.71. The SMILES string of the molecule is CCC(C)N(CCN(CC)CC)CCN(CC)CC.CCCN1CCN(C)CCN(CCC)CCN(CCC)CC1. The van der Waals surface area contributed by atoms with E-state index in [1.807, 2.05) is 0 Å². The van der Waals surface area contributed by atoms with Crippen LogP contribution in [0.4, 0.5) is 0 Å². The second-order valence-corrected chi connectivity index (χ2v) is 12.2. The van der Waals surface area contributed by atoms with Gasteiger partial charge in [-0.15, -0.1) is 0 Å². The molecule has 1 atom stereocenters. The Morgan fingerprint density at radius 3 is 1.07 bits per heavy atom. The van der Waals surface area contributed by atoms with Crippen molar-refractivity contribution in [3.8, 4) is 0 Å². The summed E-state index contributed by atoms with van der Waals surface area (Å²) in [5.41, 5.74) is 0. The Labute approximate surface area is 259 Å². The fraction of sp³-hybridized carbons (Fsp3) is 1.00. The third-order valence-corrected chi connectivity index (χ3v) is 9.09. The Bertz CT molecular complexity index is 503. The van der Waals surface area contributed by atoms with Gasteiger partial charge in [0, 0.05) is 84.6 Å². The quantitative estimate of drug-likeness (QED) is 0.228. The summed E-state index contributed by atoms with van der Waals surface area (Å²) in [6.07, 6.45) is 5.05. The minimum Gasteiger partial charge on any atom is -0.304 e. The predicted molar refractivity (Wildman–Crippen MR) is 185 cm³/mol. The van der Waals surface area contributed by atoms with E-state index in [4.69, 9.17) is 0 Å². The molecule has 0 N–H and O–H groups in total. The Hall–Kier alpha value is -0.280. The van der Waals surface area contributed by atoms with Crippen LogP contribution in [0.5, 0.6) is 0 Å². The molecule has 7 heteroatoms. The zero-order valence-electron chi connectivity index (χ0n) is 30.0.